The molecule has 1 aromatic carbocycles. The highest BCUT2D eigenvalue weighted by Gasteiger charge is 2.24. The fraction of sp³-hybridized carbons (Fsp3) is 0.571. The van der Waals surface area contributed by atoms with E-state index in [-0.39, 0.29) is 10.8 Å². The molecule has 0 heterocycles. The number of hydrogen-bond donors (Lipinski definition) is 0. The van der Waals surface area contributed by atoms with Crippen molar-refractivity contribution < 1.29 is 0 Å². The summed E-state index contributed by atoms with van der Waals surface area (Å²) in [5.74, 6) is 0.687. The van der Waals surface area contributed by atoms with Gasteiger partial charge in [-0.3, -0.25) is 0 Å². The quantitative estimate of drug-likeness (QED) is 0.459. The van der Waals surface area contributed by atoms with E-state index in [1.54, 1.807) is 0 Å². The third-order valence-electron chi connectivity index (χ3n) is 6.13. The van der Waals surface area contributed by atoms with Gasteiger partial charge in [-0.2, -0.15) is 0 Å². The van der Waals surface area contributed by atoms with Crippen molar-refractivity contribution in [2.75, 3.05) is 0 Å². The summed E-state index contributed by atoms with van der Waals surface area (Å²) in [6.45, 7) is 18.3. The minimum absolute atomic E-state index is 0.158. The first-order valence-electron chi connectivity index (χ1n) is 11.2. The molecule has 0 saturated heterocycles. The summed E-state index contributed by atoms with van der Waals surface area (Å²) in [6.07, 6.45) is 15.8. The van der Waals surface area contributed by atoms with Gasteiger partial charge in [0.1, 0.15) is 0 Å². The maximum Gasteiger partial charge on any atom is -0.0132 e. The molecule has 0 radical (unpaired) electrons. The van der Waals surface area contributed by atoms with Gasteiger partial charge in [-0.15, -0.1) is 0 Å². The lowest BCUT2D eigenvalue weighted by atomic mass is 9.75. The van der Waals surface area contributed by atoms with E-state index in [1.165, 1.54) is 59.9 Å². The van der Waals surface area contributed by atoms with E-state index in [0.717, 1.165) is 0 Å². The summed E-state index contributed by atoms with van der Waals surface area (Å²) in [5.41, 5.74) is 7.51. The van der Waals surface area contributed by atoms with E-state index in [9.17, 15) is 0 Å². The van der Waals surface area contributed by atoms with Crippen LogP contribution in [0.15, 0.2) is 48.1 Å². The number of benzene rings is 1. The molecule has 0 bridgehead atoms. The van der Waals surface area contributed by atoms with Crippen LogP contribution in [0.1, 0.15) is 104 Å². The average Bonchev–Trinajstić information content (AvgIpc) is 2.64. The molecular formula is C28H42. The Hall–Kier alpha value is -1.56. The largest absolute Gasteiger partial charge is 0.0847 e. The van der Waals surface area contributed by atoms with Crippen molar-refractivity contribution in [3.8, 4) is 0 Å². The Morgan fingerprint density at radius 3 is 1.86 bits per heavy atom. The molecule has 0 N–H and O–H groups in total. The van der Waals surface area contributed by atoms with Crippen LogP contribution in [0, 0.1) is 5.92 Å². The fourth-order valence-electron chi connectivity index (χ4n) is 3.94. The molecule has 1 aliphatic carbocycles. The molecule has 0 nitrogen and oxygen atoms in total. The van der Waals surface area contributed by atoms with Gasteiger partial charge in [0, 0.05) is 0 Å². The molecule has 1 aliphatic rings. The normalized spacial score (nSPS) is 18.1. The van der Waals surface area contributed by atoms with Crippen molar-refractivity contribution in [2.24, 2.45) is 5.92 Å². The molecule has 1 aromatic rings. The molecule has 0 aliphatic heterocycles. The zero-order chi connectivity index (χ0) is 20.9. The Balaban J connectivity index is 2.60. The third kappa shape index (κ3) is 6.23. The molecule has 2 rings (SSSR count). The van der Waals surface area contributed by atoms with Crippen molar-refractivity contribution in [3.05, 3.63) is 64.8 Å². The number of hydrogen-bond acceptors (Lipinski definition) is 0. The minimum atomic E-state index is 0.158. The van der Waals surface area contributed by atoms with Gasteiger partial charge in [-0.05, 0) is 65.7 Å². The monoisotopic (exact) mass is 378 g/mol. The predicted molar refractivity (Wildman–Crippen MR) is 127 cm³/mol. The van der Waals surface area contributed by atoms with Crippen molar-refractivity contribution >= 4 is 5.57 Å². The summed E-state index contributed by atoms with van der Waals surface area (Å²) in [5, 5.41) is 0. The highest BCUT2D eigenvalue weighted by atomic mass is 14.3. The minimum Gasteiger partial charge on any atom is -0.0847 e. The predicted octanol–water partition coefficient (Wildman–Crippen LogP) is 8.77. The first-order chi connectivity index (χ1) is 13.0. The molecule has 1 saturated carbocycles. The van der Waals surface area contributed by atoms with E-state index >= 15 is 0 Å². The van der Waals surface area contributed by atoms with Gasteiger partial charge in [0.2, 0.25) is 0 Å². The third-order valence-corrected chi connectivity index (χ3v) is 6.13. The molecule has 28 heavy (non-hydrogen) atoms. The fourth-order valence-corrected chi connectivity index (χ4v) is 3.94. The zero-order valence-electron chi connectivity index (χ0n) is 19.7. The summed E-state index contributed by atoms with van der Waals surface area (Å²) in [7, 11) is 0. The van der Waals surface area contributed by atoms with Gasteiger partial charge in [0.25, 0.3) is 0 Å². The number of rotatable bonds is 4. The molecular weight excluding hydrogens is 336 g/mol. The van der Waals surface area contributed by atoms with Gasteiger partial charge >= 0.3 is 0 Å². The van der Waals surface area contributed by atoms with Crippen LogP contribution < -0.4 is 0 Å². The topological polar surface area (TPSA) is 0 Å². The lowest BCUT2D eigenvalue weighted by Gasteiger charge is -2.29. The van der Waals surface area contributed by atoms with Crippen LogP contribution in [0.25, 0.3) is 5.57 Å². The lowest BCUT2D eigenvalue weighted by Crippen LogP contribution is -2.18. The standard InChI is InChI=1S/C28H42/c1-9-21(2)14-13-17-26(22-15-11-10-12-16-22)23-18-24(27(3,4)5)20-25(19-23)28(6,7)8/h9,13-14,17-20,22H,10-12,15-16H2,1-8H3/b14-13+,21-9+,26-17+. The van der Waals surface area contributed by atoms with Crippen molar-refractivity contribution in [3.63, 3.8) is 0 Å². The first-order valence-corrected chi connectivity index (χ1v) is 11.2. The van der Waals surface area contributed by atoms with E-state index < -0.39 is 0 Å². The van der Waals surface area contributed by atoms with Crippen LogP contribution in [0.2, 0.25) is 0 Å². The summed E-state index contributed by atoms with van der Waals surface area (Å²) < 4.78 is 0. The van der Waals surface area contributed by atoms with Crippen molar-refractivity contribution in [1.82, 2.24) is 0 Å². The van der Waals surface area contributed by atoms with Gasteiger partial charge in [0.15, 0.2) is 0 Å². The Kier molecular flexibility index (Phi) is 7.54. The Morgan fingerprint density at radius 1 is 0.857 bits per heavy atom. The van der Waals surface area contributed by atoms with Gasteiger partial charge in [-0.1, -0.05) is 109 Å². The molecule has 0 heteroatoms. The maximum atomic E-state index is 2.46. The Bertz CT molecular complexity index is 703. The van der Waals surface area contributed by atoms with E-state index in [0.29, 0.717) is 5.92 Å². The zero-order valence-corrected chi connectivity index (χ0v) is 19.7. The lowest BCUT2D eigenvalue weighted by molar-refractivity contribution is 0.429. The molecule has 154 valence electrons. The van der Waals surface area contributed by atoms with Crippen molar-refractivity contribution in [1.29, 1.82) is 0 Å². The highest BCUT2D eigenvalue weighted by Crippen LogP contribution is 2.39. The van der Waals surface area contributed by atoms with Crippen LogP contribution in [0.5, 0.6) is 0 Å². The second-order valence-corrected chi connectivity index (χ2v) is 10.6. The summed E-state index contributed by atoms with van der Waals surface area (Å²) in [6, 6.07) is 7.36. The van der Waals surface area contributed by atoms with E-state index in [1.807, 2.05) is 0 Å². The molecule has 0 unspecified atom stereocenters. The van der Waals surface area contributed by atoms with Crippen LogP contribution >= 0.6 is 0 Å². The molecule has 0 spiro atoms. The molecule has 0 aromatic heterocycles. The molecule has 0 amide bonds. The summed E-state index contributed by atoms with van der Waals surface area (Å²) in [4.78, 5) is 0. The highest BCUT2D eigenvalue weighted by molar-refractivity contribution is 5.71. The second-order valence-electron chi connectivity index (χ2n) is 10.6. The Morgan fingerprint density at radius 2 is 1.39 bits per heavy atom. The van der Waals surface area contributed by atoms with Crippen LogP contribution in [0.4, 0.5) is 0 Å². The molecule has 1 fully saturated rings. The van der Waals surface area contributed by atoms with Gasteiger partial charge in [-0.25, -0.2) is 0 Å². The Labute approximate surface area is 174 Å². The van der Waals surface area contributed by atoms with Gasteiger partial charge in [0.05, 0.1) is 0 Å². The first kappa shape index (κ1) is 22.7. The van der Waals surface area contributed by atoms with Crippen molar-refractivity contribution in [2.45, 2.75) is 98.3 Å². The van der Waals surface area contributed by atoms with Crippen LogP contribution in [-0.4, -0.2) is 0 Å². The van der Waals surface area contributed by atoms with E-state index in [4.69, 9.17) is 0 Å². The smallest absolute Gasteiger partial charge is 0.0132 e. The van der Waals surface area contributed by atoms with Crippen LogP contribution in [-0.2, 0) is 10.8 Å². The SMILES string of the molecule is C/C=C(C)/C=C/C=C(/c1cc(C(C)(C)C)cc(C(C)(C)C)c1)C1CCCCC1. The number of allylic oxidation sites excluding steroid dienone is 6. The van der Waals surface area contributed by atoms with Crippen LogP contribution in [0.3, 0.4) is 0 Å². The van der Waals surface area contributed by atoms with Gasteiger partial charge < -0.3 is 0 Å². The average molecular weight is 379 g/mol. The second kappa shape index (κ2) is 9.29. The maximum absolute atomic E-state index is 2.46. The van der Waals surface area contributed by atoms with E-state index in [2.05, 4.69) is 97.9 Å². The summed E-state index contributed by atoms with van der Waals surface area (Å²) >= 11 is 0. The molecule has 0 atom stereocenters.